The molecule has 3 aliphatic heterocycles. The highest BCUT2D eigenvalue weighted by Crippen LogP contribution is 2.32. The summed E-state index contributed by atoms with van der Waals surface area (Å²) in [6.45, 7) is 3.15. The number of rotatable bonds is 3. The van der Waals surface area contributed by atoms with Crippen molar-refractivity contribution < 1.29 is 23.8 Å². The molecular weight excluding hydrogens is 344 g/mol. The Morgan fingerprint density at radius 1 is 1.28 bits per heavy atom. The van der Waals surface area contributed by atoms with E-state index in [1.807, 2.05) is 22.4 Å². The maximum atomic E-state index is 13.0. The Bertz CT molecular complexity index is 619. The van der Waals surface area contributed by atoms with Crippen LogP contribution in [0.1, 0.15) is 17.7 Å². The van der Waals surface area contributed by atoms with E-state index in [4.69, 9.17) is 14.2 Å². The van der Waals surface area contributed by atoms with Crippen LogP contribution < -0.4 is 0 Å². The van der Waals surface area contributed by atoms with Crippen LogP contribution in [0.15, 0.2) is 17.5 Å². The van der Waals surface area contributed by atoms with Crippen molar-refractivity contribution >= 4 is 23.2 Å². The Kier molecular flexibility index (Phi) is 4.77. The Hall–Kier alpha value is -1.48. The number of amides is 2. The van der Waals surface area contributed by atoms with Crippen molar-refractivity contribution in [3.63, 3.8) is 0 Å². The molecule has 1 spiro atoms. The fourth-order valence-electron chi connectivity index (χ4n) is 3.64. The summed E-state index contributed by atoms with van der Waals surface area (Å²) in [4.78, 5) is 29.9. The molecule has 4 heterocycles. The second kappa shape index (κ2) is 7.03. The lowest BCUT2D eigenvalue weighted by atomic mass is 10.0. The van der Waals surface area contributed by atoms with Gasteiger partial charge in [-0.3, -0.25) is 9.59 Å². The third-order valence-electron chi connectivity index (χ3n) is 5.04. The van der Waals surface area contributed by atoms with Crippen LogP contribution in [0.25, 0.3) is 0 Å². The van der Waals surface area contributed by atoms with Crippen LogP contribution in [0.4, 0.5) is 0 Å². The van der Waals surface area contributed by atoms with Crippen LogP contribution >= 0.6 is 11.3 Å². The van der Waals surface area contributed by atoms with Gasteiger partial charge in [0.2, 0.25) is 11.8 Å². The first-order chi connectivity index (χ1) is 12.2. The normalized spacial score (nSPS) is 26.4. The van der Waals surface area contributed by atoms with Crippen molar-refractivity contribution in [1.29, 1.82) is 0 Å². The molecule has 0 saturated carbocycles. The molecule has 3 fully saturated rings. The summed E-state index contributed by atoms with van der Waals surface area (Å²) < 4.78 is 16.8. The third-order valence-corrected chi connectivity index (χ3v) is 5.90. The van der Waals surface area contributed by atoms with Gasteiger partial charge in [0, 0.05) is 30.8 Å². The van der Waals surface area contributed by atoms with E-state index in [-0.39, 0.29) is 25.0 Å². The highest BCUT2D eigenvalue weighted by atomic mass is 32.1. The zero-order valence-electron chi connectivity index (χ0n) is 14.0. The molecule has 7 nitrogen and oxygen atoms in total. The summed E-state index contributed by atoms with van der Waals surface area (Å²) in [5.74, 6) is -0.682. The second-order valence-corrected chi connectivity index (χ2v) is 7.60. The Balaban J connectivity index is 1.43. The molecule has 25 heavy (non-hydrogen) atoms. The number of carbonyl (C=O) groups is 2. The van der Waals surface area contributed by atoms with Gasteiger partial charge in [-0.15, -0.1) is 11.3 Å². The van der Waals surface area contributed by atoms with Crippen molar-refractivity contribution in [2.24, 2.45) is 0 Å². The van der Waals surface area contributed by atoms with Crippen molar-refractivity contribution in [2.45, 2.75) is 31.2 Å². The van der Waals surface area contributed by atoms with E-state index < -0.39 is 11.8 Å². The average Bonchev–Trinajstić information content (AvgIpc) is 3.29. The van der Waals surface area contributed by atoms with Gasteiger partial charge in [0.25, 0.3) is 0 Å². The highest BCUT2D eigenvalue weighted by Gasteiger charge is 2.43. The van der Waals surface area contributed by atoms with Crippen LogP contribution in [0.5, 0.6) is 0 Å². The quantitative estimate of drug-likeness (QED) is 0.793. The number of ether oxygens (including phenoxy) is 3. The van der Waals surface area contributed by atoms with Crippen LogP contribution in [-0.4, -0.2) is 73.0 Å². The van der Waals surface area contributed by atoms with Crippen molar-refractivity contribution in [1.82, 2.24) is 9.80 Å². The second-order valence-electron chi connectivity index (χ2n) is 6.56. The minimum atomic E-state index is -0.553. The predicted octanol–water partition coefficient (Wildman–Crippen LogP) is 0.841. The summed E-state index contributed by atoms with van der Waals surface area (Å²) in [6.07, 6.45) is 1.34. The van der Waals surface area contributed by atoms with E-state index in [1.165, 1.54) is 0 Å². The van der Waals surface area contributed by atoms with Crippen LogP contribution in [0, 0.1) is 0 Å². The summed E-state index contributed by atoms with van der Waals surface area (Å²) in [6, 6.07) is 3.38. The monoisotopic (exact) mass is 366 g/mol. The molecule has 0 aliphatic carbocycles. The summed E-state index contributed by atoms with van der Waals surface area (Å²) in [5.41, 5.74) is 0. The minimum Gasteiger partial charge on any atom is -0.369 e. The minimum absolute atomic E-state index is 0.0416. The molecule has 136 valence electrons. The van der Waals surface area contributed by atoms with Crippen LogP contribution in [-0.2, 0) is 30.3 Å². The number of hydrogen-bond donors (Lipinski definition) is 0. The van der Waals surface area contributed by atoms with E-state index in [1.54, 1.807) is 16.2 Å². The standard InChI is InChI=1S/C17H22N2O5S/c20-15-12-22-11-14(19(15)10-13-2-1-9-25-13)16(21)18-5-3-17(4-6-18)23-7-8-24-17/h1-2,9,14H,3-8,10-12H2/t14-/m0/s1. The molecule has 1 atom stereocenters. The molecule has 1 aromatic heterocycles. The molecule has 4 rings (SSSR count). The first-order valence-corrected chi connectivity index (χ1v) is 9.51. The van der Waals surface area contributed by atoms with Gasteiger partial charge < -0.3 is 24.0 Å². The molecule has 0 bridgehead atoms. The Morgan fingerprint density at radius 3 is 2.72 bits per heavy atom. The third kappa shape index (κ3) is 3.44. The molecule has 2 amide bonds. The van der Waals surface area contributed by atoms with Gasteiger partial charge in [-0.1, -0.05) is 6.07 Å². The van der Waals surface area contributed by atoms with E-state index in [9.17, 15) is 9.59 Å². The topological polar surface area (TPSA) is 68.3 Å². The van der Waals surface area contributed by atoms with Gasteiger partial charge in [0.1, 0.15) is 12.6 Å². The number of likely N-dealkylation sites (tertiary alicyclic amines) is 1. The molecular formula is C17H22N2O5S. The van der Waals surface area contributed by atoms with Gasteiger partial charge in [-0.2, -0.15) is 0 Å². The van der Waals surface area contributed by atoms with Gasteiger partial charge in [-0.05, 0) is 11.4 Å². The molecule has 1 aromatic rings. The van der Waals surface area contributed by atoms with Gasteiger partial charge >= 0.3 is 0 Å². The number of hydrogen-bond acceptors (Lipinski definition) is 6. The van der Waals surface area contributed by atoms with Gasteiger partial charge in [0.15, 0.2) is 5.79 Å². The van der Waals surface area contributed by atoms with Crippen LogP contribution in [0.2, 0.25) is 0 Å². The lowest BCUT2D eigenvalue weighted by molar-refractivity contribution is -0.190. The van der Waals surface area contributed by atoms with Crippen molar-refractivity contribution in [2.75, 3.05) is 39.5 Å². The van der Waals surface area contributed by atoms with E-state index in [2.05, 4.69) is 0 Å². The predicted molar refractivity (Wildman–Crippen MR) is 89.9 cm³/mol. The number of piperidine rings is 1. The van der Waals surface area contributed by atoms with E-state index in [0.29, 0.717) is 45.7 Å². The molecule has 0 N–H and O–H groups in total. The fourth-order valence-corrected chi connectivity index (χ4v) is 4.34. The zero-order chi connectivity index (χ0) is 17.3. The summed E-state index contributed by atoms with van der Waals surface area (Å²) >= 11 is 1.59. The van der Waals surface area contributed by atoms with Crippen LogP contribution in [0.3, 0.4) is 0 Å². The van der Waals surface area contributed by atoms with Gasteiger partial charge in [0.05, 0.1) is 26.4 Å². The number of nitrogens with zero attached hydrogens (tertiary/aromatic N) is 2. The highest BCUT2D eigenvalue weighted by molar-refractivity contribution is 7.09. The first-order valence-electron chi connectivity index (χ1n) is 8.63. The molecule has 0 unspecified atom stereocenters. The summed E-state index contributed by atoms with van der Waals surface area (Å²) in [5, 5.41) is 1.97. The Morgan fingerprint density at radius 2 is 2.04 bits per heavy atom. The van der Waals surface area contributed by atoms with E-state index >= 15 is 0 Å². The smallest absolute Gasteiger partial charge is 0.249 e. The fraction of sp³-hybridized carbons (Fsp3) is 0.647. The molecule has 0 radical (unpaired) electrons. The zero-order valence-corrected chi connectivity index (χ0v) is 14.8. The lowest BCUT2D eigenvalue weighted by Crippen LogP contribution is -2.58. The van der Waals surface area contributed by atoms with E-state index in [0.717, 1.165) is 4.88 Å². The largest absolute Gasteiger partial charge is 0.369 e. The SMILES string of the molecule is O=C([C@@H]1COCC(=O)N1Cc1cccs1)N1CCC2(CC1)OCCO2. The van der Waals surface area contributed by atoms with Crippen molar-refractivity contribution in [3.8, 4) is 0 Å². The first kappa shape index (κ1) is 17.0. The molecule has 3 saturated heterocycles. The Labute approximate surface area is 150 Å². The summed E-state index contributed by atoms with van der Waals surface area (Å²) in [7, 11) is 0. The molecule has 3 aliphatic rings. The average molecular weight is 366 g/mol. The molecule has 8 heteroatoms. The van der Waals surface area contributed by atoms with Gasteiger partial charge in [-0.25, -0.2) is 0 Å². The maximum absolute atomic E-state index is 13.0. The van der Waals surface area contributed by atoms with Crippen molar-refractivity contribution in [3.05, 3.63) is 22.4 Å². The number of thiophene rings is 1. The number of morpholine rings is 1. The lowest BCUT2D eigenvalue weighted by Gasteiger charge is -2.41. The maximum Gasteiger partial charge on any atom is 0.249 e. The number of carbonyl (C=O) groups excluding carboxylic acids is 2. The molecule has 0 aromatic carbocycles.